The predicted octanol–water partition coefficient (Wildman–Crippen LogP) is 6.13. The number of amides is 1. The monoisotopic (exact) mass is 457 g/mol. The van der Waals surface area contributed by atoms with E-state index in [4.69, 9.17) is 16.1 Å². The van der Waals surface area contributed by atoms with E-state index in [2.05, 4.69) is 29.6 Å². The summed E-state index contributed by atoms with van der Waals surface area (Å²) >= 11 is 6.25. The molecule has 0 radical (unpaired) electrons. The normalized spacial score (nSPS) is 11.2. The summed E-state index contributed by atoms with van der Waals surface area (Å²) < 4.78 is 6.60. The molecule has 0 unspecified atom stereocenters. The summed E-state index contributed by atoms with van der Waals surface area (Å²) in [5.74, 6) is 0.327. The Hall–Kier alpha value is -3.39. The lowest BCUT2D eigenvalue weighted by Crippen LogP contribution is -2.19. The Morgan fingerprint density at radius 1 is 0.719 bits per heavy atom. The van der Waals surface area contributed by atoms with Crippen molar-refractivity contribution in [2.24, 2.45) is 0 Å². The van der Waals surface area contributed by atoms with Gasteiger partial charge in [-0.05, 0) is 24.3 Å². The van der Waals surface area contributed by atoms with Crippen molar-refractivity contribution < 1.29 is 9.32 Å². The third kappa shape index (κ3) is 5.64. The fraction of sp³-hybridized carbons (Fsp3) is 0. The molecule has 1 amide bonds. The van der Waals surface area contributed by atoms with Gasteiger partial charge in [-0.15, -0.1) is 0 Å². The van der Waals surface area contributed by atoms with Gasteiger partial charge in [-0.3, -0.25) is 4.79 Å². The van der Waals surface area contributed by atoms with Gasteiger partial charge in [0.2, 0.25) is 0 Å². The van der Waals surface area contributed by atoms with Crippen molar-refractivity contribution in [2.75, 3.05) is 0 Å². The molecule has 3 nitrogen and oxygen atoms in total. The van der Waals surface area contributed by atoms with E-state index in [1.807, 2.05) is 78.9 Å². The summed E-state index contributed by atoms with van der Waals surface area (Å²) in [6.45, 7) is 0. The van der Waals surface area contributed by atoms with E-state index in [9.17, 15) is 4.79 Å². The summed E-state index contributed by atoms with van der Waals surface area (Å²) in [5.41, 5.74) is 1.35. The number of rotatable bonds is 7. The molecule has 0 bridgehead atoms. The Morgan fingerprint density at radius 3 is 1.81 bits per heavy atom. The maximum absolute atomic E-state index is 12.6. The third-order valence-electron chi connectivity index (χ3n) is 4.65. The molecule has 0 fully saturated rings. The van der Waals surface area contributed by atoms with Crippen LogP contribution in [0.25, 0.3) is 5.76 Å². The summed E-state index contributed by atoms with van der Waals surface area (Å²) in [5, 5.41) is 5.59. The van der Waals surface area contributed by atoms with Gasteiger partial charge >= 0.3 is 0 Å². The van der Waals surface area contributed by atoms with Crippen LogP contribution in [-0.2, 0) is 4.52 Å². The maximum atomic E-state index is 12.6. The molecule has 0 aromatic heterocycles. The largest absolute Gasteiger partial charge is 0.462 e. The standard InChI is InChI=1S/C27H21ClNO2P/c28-23-14-10-13-22(19-23)26(20-29-27(30)21-11-4-1-5-12-21)31-32(24-15-6-2-7-16-24)25-17-8-3-9-18-25/h1-20H,(H,29,30). The van der Waals surface area contributed by atoms with Crippen LogP contribution in [0.2, 0.25) is 5.02 Å². The van der Waals surface area contributed by atoms with Crippen molar-refractivity contribution in [3.8, 4) is 0 Å². The lowest BCUT2D eigenvalue weighted by atomic mass is 10.2. The minimum Gasteiger partial charge on any atom is -0.462 e. The molecule has 0 saturated heterocycles. The number of carbonyl (C=O) groups is 1. The second-order valence-electron chi connectivity index (χ2n) is 6.92. The minimum absolute atomic E-state index is 0.211. The Labute approximate surface area is 194 Å². The number of hydrogen-bond acceptors (Lipinski definition) is 2. The molecule has 158 valence electrons. The highest BCUT2D eigenvalue weighted by Gasteiger charge is 2.19. The number of nitrogens with one attached hydrogen (secondary N) is 1. The first kappa shape index (κ1) is 21.8. The number of benzene rings is 4. The van der Waals surface area contributed by atoms with Gasteiger partial charge < -0.3 is 9.84 Å². The van der Waals surface area contributed by atoms with Crippen molar-refractivity contribution >= 4 is 42.0 Å². The SMILES string of the molecule is O=C(NC=C(OP(c1ccccc1)c1ccccc1)c1cccc(Cl)c1)c1ccccc1. The number of halogens is 1. The quantitative estimate of drug-likeness (QED) is 0.268. The third-order valence-corrected chi connectivity index (χ3v) is 6.80. The molecule has 0 spiro atoms. The fourth-order valence-electron chi connectivity index (χ4n) is 3.09. The summed E-state index contributed by atoms with van der Waals surface area (Å²) in [7, 11) is -1.17. The van der Waals surface area contributed by atoms with Crippen LogP contribution in [0.4, 0.5) is 0 Å². The van der Waals surface area contributed by atoms with Gasteiger partial charge in [-0.1, -0.05) is 103 Å². The highest BCUT2D eigenvalue weighted by atomic mass is 35.5. The van der Waals surface area contributed by atoms with Gasteiger partial charge in [0.1, 0.15) is 5.76 Å². The molecule has 1 N–H and O–H groups in total. The zero-order chi connectivity index (χ0) is 22.2. The van der Waals surface area contributed by atoms with E-state index in [-0.39, 0.29) is 5.91 Å². The average molecular weight is 458 g/mol. The maximum Gasteiger partial charge on any atom is 0.255 e. The van der Waals surface area contributed by atoms with Crippen LogP contribution < -0.4 is 15.9 Å². The van der Waals surface area contributed by atoms with Crippen LogP contribution in [0.5, 0.6) is 0 Å². The van der Waals surface area contributed by atoms with Crippen molar-refractivity contribution in [1.29, 1.82) is 0 Å². The minimum atomic E-state index is -1.17. The van der Waals surface area contributed by atoms with Crippen LogP contribution in [0.1, 0.15) is 15.9 Å². The van der Waals surface area contributed by atoms with Gasteiger partial charge in [0.15, 0.2) is 8.15 Å². The fourth-order valence-corrected chi connectivity index (χ4v) is 5.03. The molecule has 4 rings (SSSR count). The summed E-state index contributed by atoms with van der Waals surface area (Å²) in [4.78, 5) is 12.6. The molecular formula is C27H21ClNO2P. The molecular weight excluding hydrogens is 437 g/mol. The predicted molar refractivity (Wildman–Crippen MR) is 133 cm³/mol. The second-order valence-corrected chi connectivity index (χ2v) is 9.16. The van der Waals surface area contributed by atoms with E-state index in [1.54, 1.807) is 18.3 Å². The first-order valence-corrected chi connectivity index (χ1v) is 11.7. The zero-order valence-corrected chi connectivity index (χ0v) is 18.8. The van der Waals surface area contributed by atoms with Gasteiger partial charge in [0, 0.05) is 33.0 Å². The highest BCUT2D eigenvalue weighted by molar-refractivity contribution is 7.68. The molecule has 4 aromatic carbocycles. The molecule has 0 atom stereocenters. The van der Waals surface area contributed by atoms with E-state index >= 15 is 0 Å². The Kier molecular flexibility index (Phi) is 7.34. The lowest BCUT2D eigenvalue weighted by Gasteiger charge is -2.21. The lowest BCUT2D eigenvalue weighted by molar-refractivity contribution is 0.0969. The second kappa shape index (κ2) is 10.8. The van der Waals surface area contributed by atoms with Crippen molar-refractivity contribution in [2.45, 2.75) is 0 Å². The van der Waals surface area contributed by atoms with Crippen LogP contribution >= 0.6 is 19.7 Å². The van der Waals surface area contributed by atoms with Crippen LogP contribution in [0.3, 0.4) is 0 Å². The summed E-state index contributed by atoms with van der Waals surface area (Å²) in [6.07, 6.45) is 1.61. The first-order chi connectivity index (χ1) is 15.7. The van der Waals surface area contributed by atoms with Gasteiger partial charge in [0.25, 0.3) is 5.91 Å². The van der Waals surface area contributed by atoms with Gasteiger partial charge in [-0.25, -0.2) is 0 Å². The molecule has 4 aromatic rings. The van der Waals surface area contributed by atoms with E-state index in [0.29, 0.717) is 16.3 Å². The Morgan fingerprint density at radius 2 is 1.25 bits per heavy atom. The average Bonchev–Trinajstić information content (AvgIpc) is 2.85. The summed E-state index contributed by atoms with van der Waals surface area (Å²) in [6, 6.07) is 36.6. The Bertz CT molecular complexity index is 1160. The highest BCUT2D eigenvalue weighted by Crippen LogP contribution is 2.40. The number of carbonyl (C=O) groups excluding carboxylic acids is 1. The van der Waals surface area contributed by atoms with Crippen LogP contribution in [-0.4, -0.2) is 5.91 Å². The molecule has 0 saturated carbocycles. The molecule has 32 heavy (non-hydrogen) atoms. The zero-order valence-electron chi connectivity index (χ0n) is 17.2. The topological polar surface area (TPSA) is 38.3 Å². The Balaban J connectivity index is 1.70. The van der Waals surface area contributed by atoms with E-state index in [1.165, 1.54) is 0 Å². The van der Waals surface area contributed by atoms with Crippen LogP contribution in [0, 0.1) is 0 Å². The van der Waals surface area contributed by atoms with Gasteiger partial charge in [0.05, 0.1) is 0 Å². The molecule has 5 heteroatoms. The van der Waals surface area contributed by atoms with E-state index < -0.39 is 8.15 Å². The van der Waals surface area contributed by atoms with Crippen LogP contribution in [0.15, 0.2) is 121 Å². The molecule has 0 heterocycles. The van der Waals surface area contributed by atoms with E-state index in [0.717, 1.165) is 16.2 Å². The molecule has 0 aliphatic heterocycles. The van der Waals surface area contributed by atoms with Crippen molar-refractivity contribution in [3.05, 3.63) is 138 Å². The molecule has 0 aliphatic rings. The molecule has 0 aliphatic carbocycles. The van der Waals surface area contributed by atoms with Crippen molar-refractivity contribution in [3.63, 3.8) is 0 Å². The number of hydrogen-bond donors (Lipinski definition) is 1. The van der Waals surface area contributed by atoms with Gasteiger partial charge in [-0.2, -0.15) is 0 Å². The van der Waals surface area contributed by atoms with Crippen molar-refractivity contribution in [1.82, 2.24) is 5.32 Å². The first-order valence-electron chi connectivity index (χ1n) is 10.1. The smallest absolute Gasteiger partial charge is 0.255 e.